The molecule has 1 fully saturated rings. The van der Waals surface area contributed by atoms with Crippen molar-refractivity contribution in [1.82, 2.24) is 4.98 Å². The number of hydrogen-bond acceptors (Lipinski definition) is 5. The number of hydrogen-bond donors (Lipinski definition) is 1. The van der Waals surface area contributed by atoms with Crippen molar-refractivity contribution in [2.45, 2.75) is 43.7 Å². The molecule has 2 unspecified atom stereocenters. The number of rotatable bonds is 4. The van der Waals surface area contributed by atoms with Gasteiger partial charge in [-0.1, -0.05) is 13.8 Å². The Hall–Kier alpha value is -1.14. The fourth-order valence-electron chi connectivity index (χ4n) is 2.69. The van der Waals surface area contributed by atoms with Crippen LogP contribution in [0.25, 0.3) is 0 Å². The maximum atomic E-state index is 11.8. The van der Waals surface area contributed by atoms with E-state index < -0.39 is 9.84 Å². The van der Waals surface area contributed by atoms with Gasteiger partial charge in [-0.3, -0.25) is 0 Å². The van der Waals surface area contributed by atoms with E-state index in [0.717, 1.165) is 6.42 Å². The van der Waals surface area contributed by atoms with Gasteiger partial charge in [-0.25, -0.2) is 13.4 Å². The first-order valence-electron chi connectivity index (χ1n) is 6.58. The molecule has 0 radical (unpaired) electrons. The van der Waals surface area contributed by atoms with Crippen LogP contribution in [-0.2, 0) is 14.6 Å². The number of anilines is 1. The molecule has 2 rings (SSSR count). The molecular formula is C14H22N2O3S. The van der Waals surface area contributed by atoms with Crippen molar-refractivity contribution in [3.05, 3.63) is 18.3 Å². The summed E-state index contributed by atoms with van der Waals surface area (Å²) in [6.45, 7) is 6.29. The zero-order valence-corrected chi connectivity index (χ0v) is 13.4. The van der Waals surface area contributed by atoms with Crippen molar-refractivity contribution in [2.24, 2.45) is 5.41 Å². The van der Waals surface area contributed by atoms with Gasteiger partial charge in [0, 0.05) is 31.0 Å². The van der Waals surface area contributed by atoms with E-state index in [-0.39, 0.29) is 22.0 Å². The van der Waals surface area contributed by atoms with Gasteiger partial charge >= 0.3 is 0 Å². The molecule has 0 aliphatic heterocycles. The number of nitrogens with one attached hydrogen (secondary N) is 1. The largest absolute Gasteiger partial charge is 0.378 e. The minimum absolute atomic E-state index is 0.103. The van der Waals surface area contributed by atoms with Crippen LogP contribution in [0.15, 0.2) is 23.2 Å². The molecule has 1 saturated carbocycles. The lowest BCUT2D eigenvalue weighted by atomic mass is 9.56. The number of sulfone groups is 1. The molecule has 1 aliphatic rings. The molecule has 1 aromatic heterocycles. The van der Waals surface area contributed by atoms with Crippen LogP contribution in [0.2, 0.25) is 0 Å². The maximum absolute atomic E-state index is 11.8. The van der Waals surface area contributed by atoms with Crippen LogP contribution in [0.3, 0.4) is 0 Å². The molecule has 0 bridgehead atoms. The van der Waals surface area contributed by atoms with E-state index in [0.29, 0.717) is 5.82 Å². The fourth-order valence-corrected chi connectivity index (χ4v) is 3.47. The average molecular weight is 298 g/mol. The van der Waals surface area contributed by atoms with Crippen molar-refractivity contribution in [3.8, 4) is 0 Å². The Kier molecular flexibility index (Phi) is 3.59. The lowest BCUT2D eigenvalue weighted by molar-refractivity contribution is -0.166. The van der Waals surface area contributed by atoms with Crippen LogP contribution in [-0.4, -0.2) is 38.4 Å². The van der Waals surface area contributed by atoms with Gasteiger partial charge in [0.1, 0.15) is 10.7 Å². The van der Waals surface area contributed by atoms with Gasteiger partial charge in [0.15, 0.2) is 9.84 Å². The lowest BCUT2D eigenvalue weighted by Crippen LogP contribution is -2.65. The summed E-state index contributed by atoms with van der Waals surface area (Å²) in [7, 11) is -1.58. The molecule has 112 valence electrons. The molecule has 0 amide bonds. The molecule has 1 N–H and O–H groups in total. The third kappa shape index (κ3) is 2.31. The first-order valence-corrected chi connectivity index (χ1v) is 8.48. The van der Waals surface area contributed by atoms with Gasteiger partial charge in [-0.2, -0.15) is 0 Å². The summed E-state index contributed by atoms with van der Waals surface area (Å²) in [6.07, 6.45) is 3.61. The van der Waals surface area contributed by atoms with Gasteiger partial charge in [-0.05, 0) is 25.5 Å². The Morgan fingerprint density at radius 3 is 2.55 bits per heavy atom. The minimum atomic E-state index is -3.29. The maximum Gasteiger partial charge on any atom is 0.179 e. The van der Waals surface area contributed by atoms with E-state index in [1.54, 1.807) is 25.4 Å². The number of pyridine rings is 1. The summed E-state index contributed by atoms with van der Waals surface area (Å²) in [5, 5.41) is 3.26. The van der Waals surface area contributed by atoms with Crippen molar-refractivity contribution < 1.29 is 13.2 Å². The normalized spacial score (nSPS) is 28.8. The van der Waals surface area contributed by atoms with Crippen LogP contribution in [0.5, 0.6) is 0 Å². The second kappa shape index (κ2) is 4.70. The van der Waals surface area contributed by atoms with Crippen molar-refractivity contribution in [1.29, 1.82) is 0 Å². The Labute approximate surface area is 120 Å². The van der Waals surface area contributed by atoms with Crippen LogP contribution < -0.4 is 5.32 Å². The first-order chi connectivity index (χ1) is 9.12. The van der Waals surface area contributed by atoms with Crippen molar-refractivity contribution in [3.63, 3.8) is 0 Å². The van der Waals surface area contributed by atoms with E-state index in [2.05, 4.69) is 31.1 Å². The number of methoxy groups -OCH3 is 1. The van der Waals surface area contributed by atoms with Gasteiger partial charge in [-0.15, -0.1) is 0 Å². The molecular weight excluding hydrogens is 276 g/mol. The molecule has 0 aromatic carbocycles. The highest BCUT2D eigenvalue weighted by atomic mass is 32.2. The van der Waals surface area contributed by atoms with E-state index in [9.17, 15) is 8.42 Å². The van der Waals surface area contributed by atoms with Crippen molar-refractivity contribution >= 4 is 15.7 Å². The van der Waals surface area contributed by atoms with E-state index >= 15 is 0 Å². The summed E-state index contributed by atoms with van der Waals surface area (Å²) in [5.41, 5.74) is -0.307. The quantitative estimate of drug-likeness (QED) is 0.922. The number of aromatic nitrogens is 1. The molecule has 2 atom stereocenters. The molecule has 5 nitrogen and oxygen atoms in total. The zero-order valence-electron chi connectivity index (χ0n) is 12.6. The first kappa shape index (κ1) is 15.3. The number of ether oxygens (including phenoxy) is 1. The second-order valence-corrected chi connectivity index (χ2v) is 8.16. The molecule has 0 saturated heterocycles. The summed E-state index contributed by atoms with van der Waals surface area (Å²) >= 11 is 0. The van der Waals surface area contributed by atoms with Gasteiger partial charge in [0.05, 0.1) is 5.60 Å². The average Bonchev–Trinajstić information content (AvgIpc) is 2.37. The Bertz CT molecular complexity index is 613. The lowest BCUT2D eigenvalue weighted by Gasteiger charge is -2.59. The molecule has 0 spiro atoms. The molecule has 20 heavy (non-hydrogen) atoms. The monoisotopic (exact) mass is 298 g/mol. The highest BCUT2D eigenvalue weighted by Crippen LogP contribution is 2.52. The van der Waals surface area contributed by atoms with Gasteiger partial charge in [0.25, 0.3) is 0 Å². The number of nitrogens with zero attached hydrogens (tertiary/aromatic N) is 1. The Morgan fingerprint density at radius 2 is 2.05 bits per heavy atom. The predicted molar refractivity (Wildman–Crippen MR) is 78.6 cm³/mol. The van der Waals surface area contributed by atoms with Crippen LogP contribution in [0, 0.1) is 5.41 Å². The van der Waals surface area contributed by atoms with E-state index in [4.69, 9.17) is 4.74 Å². The Morgan fingerprint density at radius 1 is 1.40 bits per heavy atom. The van der Waals surface area contributed by atoms with Gasteiger partial charge < -0.3 is 10.1 Å². The van der Waals surface area contributed by atoms with E-state index in [1.165, 1.54) is 6.26 Å². The third-order valence-corrected chi connectivity index (χ3v) is 5.89. The van der Waals surface area contributed by atoms with Crippen LogP contribution in [0.4, 0.5) is 5.82 Å². The predicted octanol–water partition coefficient (Wildman–Crippen LogP) is 2.10. The highest BCUT2D eigenvalue weighted by Gasteiger charge is 2.58. The summed E-state index contributed by atoms with van der Waals surface area (Å²) < 4.78 is 29.1. The molecule has 1 aromatic rings. The Balaban J connectivity index is 2.26. The van der Waals surface area contributed by atoms with Crippen molar-refractivity contribution in [2.75, 3.05) is 18.7 Å². The van der Waals surface area contributed by atoms with Gasteiger partial charge in [0.2, 0.25) is 0 Å². The minimum Gasteiger partial charge on any atom is -0.378 e. The summed E-state index contributed by atoms with van der Waals surface area (Å²) in [6, 6.07) is 3.33. The molecule has 1 aliphatic carbocycles. The summed E-state index contributed by atoms with van der Waals surface area (Å²) in [5.74, 6) is 0.422. The third-order valence-electron chi connectivity index (χ3n) is 4.76. The van der Waals surface area contributed by atoms with E-state index in [1.807, 2.05) is 0 Å². The SMILES string of the molecule is COC1(C)CC(Nc2ncccc2S(C)(=O)=O)C1(C)C. The second-order valence-electron chi connectivity index (χ2n) is 6.18. The smallest absolute Gasteiger partial charge is 0.179 e. The highest BCUT2D eigenvalue weighted by molar-refractivity contribution is 7.90. The molecule has 6 heteroatoms. The topological polar surface area (TPSA) is 68.3 Å². The zero-order chi connectivity index (χ0) is 15.2. The summed E-state index contributed by atoms with van der Waals surface area (Å²) in [4.78, 5) is 4.41. The standard InChI is InChI=1S/C14H22N2O3S/c1-13(2)11(9-14(13,3)19-4)16-12-10(20(5,17)18)7-6-8-15-12/h6-8,11H,9H2,1-5H3,(H,15,16). The fraction of sp³-hybridized carbons (Fsp3) is 0.643. The molecule has 1 heterocycles. The van der Waals surface area contributed by atoms with Crippen LogP contribution in [0.1, 0.15) is 27.2 Å². The van der Waals surface area contributed by atoms with Crippen LogP contribution >= 0.6 is 0 Å².